The maximum Gasteiger partial charge on any atom is 0.349 e. The number of aromatic amines is 1. The second kappa shape index (κ2) is 3.84. The van der Waals surface area contributed by atoms with Gasteiger partial charge in [-0.3, -0.25) is 9.36 Å². The van der Waals surface area contributed by atoms with E-state index in [9.17, 15) is 9.59 Å². The minimum Gasteiger partial charge on any atom is -0.306 e. The highest BCUT2D eigenvalue weighted by Crippen LogP contribution is 2.14. The highest BCUT2D eigenvalue weighted by Gasteiger charge is 2.10. The summed E-state index contributed by atoms with van der Waals surface area (Å²) in [5.41, 5.74) is 1.36. The molecule has 0 bridgehead atoms. The third kappa shape index (κ3) is 1.77. The number of fused-ring (bicyclic) bond motifs is 1. The number of aryl methyl sites for hydroxylation is 1. The molecule has 0 saturated carbocycles. The predicted molar refractivity (Wildman–Crippen MR) is 66.5 cm³/mol. The van der Waals surface area contributed by atoms with Crippen molar-refractivity contribution in [3.8, 4) is 0 Å². The van der Waals surface area contributed by atoms with Crippen LogP contribution in [0.4, 0.5) is 0 Å². The molecule has 2 rings (SSSR count). The first-order chi connectivity index (χ1) is 7.91. The van der Waals surface area contributed by atoms with E-state index < -0.39 is 0 Å². The van der Waals surface area contributed by atoms with Crippen LogP contribution in [0.25, 0.3) is 11.0 Å². The molecular formula is C12H15N3O2. The monoisotopic (exact) mass is 233 g/mol. The van der Waals surface area contributed by atoms with E-state index in [1.807, 2.05) is 20.8 Å². The third-order valence-electron chi connectivity index (χ3n) is 3.05. The molecule has 0 radical (unpaired) electrons. The fraction of sp³-hybridized carbons (Fsp3) is 0.417. The van der Waals surface area contributed by atoms with Crippen LogP contribution in [0.2, 0.25) is 0 Å². The lowest BCUT2D eigenvalue weighted by molar-refractivity contribution is 0.568. The molecule has 0 spiro atoms. The molecule has 0 unspecified atom stereocenters. The standard InChI is InChI=1S/C12H15N3O2/c1-6(2)15-5-9-7(3)8(4)11(16)13-10(9)14-12(15)17/h5-6H,1-4H3,(H,13,14,16,17). The summed E-state index contributed by atoms with van der Waals surface area (Å²) < 4.78 is 1.56. The fourth-order valence-corrected chi connectivity index (χ4v) is 1.78. The molecule has 0 amide bonds. The van der Waals surface area contributed by atoms with Crippen LogP contribution >= 0.6 is 0 Å². The highest BCUT2D eigenvalue weighted by atomic mass is 16.1. The van der Waals surface area contributed by atoms with Gasteiger partial charge in [-0.1, -0.05) is 0 Å². The first-order valence-electron chi connectivity index (χ1n) is 5.54. The molecule has 2 aromatic rings. The maximum absolute atomic E-state index is 11.7. The van der Waals surface area contributed by atoms with Crippen LogP contribution in [0.5, 0.6) is 0 Å². The summed E-state index contributed by atoms with van der Waals surface area (Å²) in [6, 6.07) is 0.0473. The van der Waals surface area contributed by atoms with Crippen molar-refractivity contribution in [3.63, 3.8) is 0 Å². The Hall–Kier alpha value is -1.91. The average molecular weight is 233 g/mol. The summed E-state index contributed by atoms with van der Waals surface area (Å²) in [6.07, 6.45) is 1.76. The highest BCUT2D eigenvalue weighted by molar-refractivity contribution is 5.78. The van der Waals surface area contributed by atoms with Crippen molar-refractivity contribution in [2.24, 2.45) is 0 Å². The number of hydrogen-bond donors (Lipinski definition) is 1. The molecule has 2 heterocycles. The maximum atomic E-state index is 11.7. The Morgan fingerprint density at radius 1 is 1.24 bits per heavy atom. The normalized spacial score (nSPS) is 11.4. The minimum absolute atomic E-state index is 0.0473. The predicted octanol–water partition coefficient (Wildman–Crippen LogP) is 1.28. The van der Waals surface area contributed by atoms with E-state index in [1.165, 1.54) is 0 Å². The summed E-state index contributed by atoms with van der Waals surface area (Å²) >= 11 is 0. The largest absolute Gasteiger partial charge is 0.349 e. The quantitative estimate of drug-likeness (QED) is 0.806. The van der Waals surface area contributed by atoms with Crippen molar-refractivity contribution < 1.29 is 0 Å². The zero-order chi connectivity index (χ0) is 12.7. The lowest BCUT2D eigenvalue weighted by Crippen LogP contribution is -2.26. The number of rotatable bonds is 1. The lowest BCUT2D eigenvalue weighted by atomic mass is 10.1. The molecule has 1 N–H and O–H groups in total. The van der Waals surface area contributed by atoms with Crippen molar-refractivity contribution in [1.82, 2.24) is 14.5 Å². The Bertz CT molecular complexity index is 695. The van der Waals surface area contributed by atoms with E-state index in [-0.39, 0.29) is 17.3 Å². The molecule has 0 aliphatic rings. The van der Waals surface area contributed by atoms with Crippen LogP contribution in [0, 0.1) is 13.8 Å². The van der Waals surface area contributed by atoms with Crippen LogP contribution in [0.1, 0.15) is 31.0 Å². The Kier molecular flexibility index (Phi) is 2.61. The molecule has 17 heavy (non-hydrogen) atoms. The Labute approximate surface area is 98.1 Å². The Balaban J connectivity index is 2.95. The molecule has 0 aliphatic carbocycles. The van der Waals surface area contributed by atoms with Gasteiger partial charge in [0.2, 0.25) is 0 Å². The molecule has 5 heteroatoms. The van der Waals surface area contributed by atoms with E-state index in [0.717, 1.165) is 10.9 Å². The van der Waals surface area contributed by atoms with Crippen molar-refractivity contribution >= 4 is 11.0 Å². The van der Waals surface area contributed by atoms with E-state index in [2.05, 4.69) is 9.97 Å². The van der Waals surface area contributed by atoms with Gasteiger partial charge in [0.25, 0.3) is 5.56 Å². The van der Waals surface area contributed by atoms with E-state index in [4.69, 9.17) is 0 Å². The van der Waals surface area contributed by atoms with Crippen LogP contribution in [0.15, 0.2) is 15.8 Å². The van der Waals surface area contributed by atoms with Crippen LogP contribution in [-0.4, -0.2) is 14.5 Å². The fourth-order valence-electron chi connectivity index (χ4n) is 1.78. The Morgan fingerprint density at radius 2 is 1.88 bits per heavy atom. The molecule has 90 valence electrons. The molecule has 0 atom stereocenters. The smallest absolute Gasteiger partial charge is 0.306 e. The summed E-state index contributed by atoms with van der Waals surface area (Å²) in [6.45, 7) is 7.47. The van der Waals surface area contributed by atoms with Gasteiger partial charge in [0, 0.05) is 23.2 Å². The zero-order valence-electron chi connectivity index (χ0n) is 10.4. The first kappa shape index (κ1) is 11.6. The number of aromatic nitrogens is 3. The van der Waals surface area contributed by atoms with Gasteiger partial charge < -0.3 is 4.98 Å². The van der Waals surface area contributed by atoms with Crippen LogP contribution in [0.3, 0.4) is 0 Å². The number of hydrogen-bond acceptors (Lipinski definition) is 3. The topological polar surface area (TPSA) is 67.8 Å². The molecular weight excluding hydrogens is 218 g/mol. The van der Waals surface area contributed by atoms with Gasteiger partial charge >= 0.3 is 5.69 Å². The van der Waals surface area contributed by atoms with Crippen molar-refractivity contribution in [2.45, 2.75) is 33.7 Å². The molecule has 2 aromatic heterocycles. The van der Waals surface area contributed by atoms with E-state index in [0.29, 0.717) is 11.2 Å². The second-order valence-electron chi connectivity index (χ2n) is 4.49. The van der Waals surface area contributed by atoms with Gasteiger partial charge in [0.05, 0.1) is 0 Å². The lowest BCUT2D eigenvalue weighted by Gasteiger charge is -2.11. The van der Waals surface area contributed by atoms with Gasteiger partial charge in [0.1, 0.15) is 5.65 Å². The summed E-state index contributed by atoms with van der Waals surface area (Å²) in [5, 5.41) is 0.815. The Morgan fingerprint density at radius 3 is 2.47 bits per heavy atom. The second-order valence-corrected chi connectivity index (χ2v) is 4.49. The zero-order valence-corrected chi connectivity index (χ0v) is 10.4. The number of pyridine rings is 1. The van der Waals surface area contributed by atoms with Gasteiger partial charge in [0.15, 0.2) is 0 Å². The number of nitrogens with zero attached hydrogens (tertiary/aromatic N) is 2. The van der Waals surface area contributed by atoms with Gasteiger partial charge in [-0.25, -0.2) is 4.79 Å². The number of nitrogens with one attached hydrogen (secondary N) is 1. The third-order valence-corrected chi connectivity index (χ3v) is 3.05. The van der Waals surface area contributed by atoms with Crippen molar-refractivity contribution in [3.05, 3.63) is 38.2 Å². The number of H-pyrrole nitrogens is 1. The van der Waals surface area contributed by atoms with Crippen LogP contribution < -0.4 is 11.2 Å². The first-order valence-corrected chi connectivity index (χ1v) is 5.54. The van der Waals surface area contributed by atoms with E-state index in [1.54, 1.807) is 17.7 Å². The van der Waals surface area contributed by atoms with Crippen molar-refractivity contribution in [2.75, 3.05) is 0 Å². The van der Waals surface area contributed by atoms with Gasteiger partial charge in [-0.15, -0.1) is 0 Å². The molecule has 5 nitrogen and oxygen atoms in total. The minimum atomic E-state index is -0.341. The van der Waals surface area contributed by atoms with Crippen LogP contribution in [-0.2, 0) is 0 Å². The molecule has 0 saturated heterocycles. The molecule has 0 fully saturated rings. The van der Waals surface area contributed by atoms with Crippen molar-refractivity contribution in [1.29, 1.82) is 0 Å². The van der Waals surface area contributed by atoms with E-state index >= 15 is 0 Å². The summed E-state index contributed by atoms with van der Waals surface area (Å²) in [4.78, 5) is 29.8. The summed E-state index contributed by atoms with van der Waals surface area (Å²) in [7, 11) is 0. The summed E-state index contributed by atoms with van der Waals surface area (Å²) in [5.74, 6) is 0. The SMILES string of the molecule is Cc1c(C)c2cn(C(C)C)c(=O)nc2[nH]c1=O. The molecule has 0 aromatic carbocycles. The van der Waals surface area contributed by atoms with Gasteiger partial charge in [-0.2, -0.15) is 4.98 Å². The molecule has 0 aliphatic heterocycles. The van der Waals surface area contributed by atoms with Gasteiger partial charge in [-0.05, 0) is 33.3 Å². The average Bonchev–Trinajstić information content (AvgIpc) is 2.25.